The molecule has 2 heterocycles. The number of hydrogen-bond donors (Lipinski definition) is 0. The van der Waals surface area contributed by atoms with E-state index in [-0.39, 0.29) is 0 Å². The predicted molar refractivity (Wildman–Crippen MR) is 48.0 cm³/mol. The molecule has 11 heavy (non-hydrogen) atoms. The van der Waals surface area contributed by atoms with Gasteiger partial charge in [-0.25, -0.2) is 0 Å². The molecule has 0 saturated carbocycles. The fourth-order valence-electron chi connectivity index (χ4n) is 1.33. The fourth-order valence-corrected chi connectivity index (χ4v) is 2.32. The number of aryl methyl sites for hydroxylation is 2. The number of fused-ring (bicyclic) bond motifs is 1. The van der Waals surface area contributed by atoms with Crippen molar-refractivity contribution in [2.24, 2.45) is 0 Å². The Kier molecular flexibility index (Phi) is 1.86. The van der Waals surface area contributed by atoms with E-state index in [1.165, 1.54) is 29.2 Å². The zero-order valence-electron chi connectivity index (χ0n) is 6.63. The molecule has 0 bridgehead atoms. The largest absolute Gasteiger partial charge is 0.257 e. The molecule has 0 atom stereocenters. The standard InChI is InChI=1S/C9H11NS/c1-7-4-5-9-8(10-7)3-2-6-11-9/h4-5H,2-3,6H2,1H3. The number of nitrogens with zero attached hydrogens (tertiary/aromatic N) is 1. The van der Waals surface area contributed by atoms with E-state index in [0.29, 0.717) is 0 Å². The van der Waals surface area contributed by atoms with Gasteiger partial charge in [-0.15, -0.1) is 11.8 Å². The Balaban J connectivity index is 2.43. The molecule has 2 rings (SSSR count). The summed E-state index contributed by atoms with van der Waals surface area (Å²) >= 11 is 1.93. The Morgan fingerprint density at radius 1 is 1.45 bits per heavy atom. The number of hydrogen-bond acceptors (Lipinski definition) is 2. The SMILES string of the molecule is Cc1ccc2c(n1)CCCS2. The second kappa shape index (κ2) is 2.86. The van der Waals surface area contributed by atoms with E-state index < -0.39 is 0 Å². The van der Waals surface area contributed by atoms with Crippen molar-refractivity contribution in [3.63, 3.8) is 0 Å². The minimum absolute atomic E-state index is 1.14. The van der Waals surface area contributed by atoms with E-state index in [0.717, 1.165) is 5.69 Å². The highest BCUT2D eigenvalue weighted by atomic mass is 32.2. The Morgan fingerprint density at radius 2 is 2.36 bits per heavy atom. The van der Waals surface area contributed by atoms with Gasteiger partial charge in [0.2, 0.25) is 0 Å². The van der Waals surface area contributed by atoms with Crippen molar-refractivity contribution in [2.75, 3.05) is 5.75 Å². The lowest BCUT2D eigenvalue weighted by molar-refractivity contribution is 0.835. The summed E-state index contributed by atoms with van der Waals surface area (Å²) in [6.07, 6.45) is 2.46. The van der Waals surface area contributed by atoms with Gasteiger partial charge in [-0.2, -0.15) is 0 Å². The molecular formula is C9H11NS. The zero-order valence-corrected chi connectivity index (χ0v) is 7.45. The highest BCUT2D eigenvalue weighted by Gasteiger charge is 2.09. The van der Waals surface area contributed by atoms with Crippen LogP contribution in [0.5, 0.6) is 0 Å². The molecule has 0 N–H and O–H groups in total. The van der Waals surface area contributed by atoms with Crippen LogP contribution in [0, 0.1) is 6.92 Å². The number of pyridine rings is 1. The summed E-state index contributed by atoms with van der Waals surface area (Å²) in [5, 5.41) is 0. The molecule has 0 aromatic carbocycles. The molecule has 1 aliphatic heterocycles. The third-order valence-corrected chi connectivity index (χ3v) is 3.06. The van der Waals surface area contributed by atoms with Gasteiger partial charge in [-0.1, -0.05) is 0 Å². The Morgan fingerprint density at radius 3 is 3.27 bits per heavy atom. The third kappa shape index (κ3) is 1.41. The summed E-state index contributed by atoms with van der Waals surface area (Å²) in [5.41, 5.74) is 2.45. The van der Waals surface area contributed by atoms with E-state index >= 15 is 0 Å². The van der Waals surface area contributed by atoms with Crippen LogP contribution in [0.4, 0.5) is 0 Å². The van der Waals surface area contributed by atoms with Gasteiger partial charge in [0.1, 0.15) is 0 Å². The number of thioether (sulfide) groups is 1. The second-order valence-electron chi connectivity index (χ2n) is 2.85. The number of aromatic nitrogens is 1. The van der Waals surface area contributed by atoms with Crippen LogP contribution in [-0.2, 0) is 6.42 Å². The summed E-state index contributed by atoms with van der Waals surface area (Å²) in [6, 6.07) is 4.29. The van der Waals surface area contributed by atoms with Gasteiger partial charge >= 0.3 is 0 Å². The van der Waals surface area contributed by atoms with Crippen LogP contribution in [0.15, 0.2) is 17.0 Å². The van der Waals surface area contributed by atoms with E-state index in [1.807, 2.05) is 11.8 Å². The molecule has 1 aromatic heterocycles. The van der Waals surface area contributed by atoms with Gasteiger partial charge in [0, 0.05) is 10.6 Å². The van der Waals surface area contributed by atoms with Crippen LogP contribution in [0.3, 0.4) is 0 Å². The van der Waals surface area contributed by atoms with Crippen molar-refractivity contribution in [1.82, 2.24) is 4.98 Å². The molecule has 0 saturated heterocycles. The van der Waals surface area contributed by atoms with E-state index in [1.54, 1.807) is 0 Å². The molecule has 1 nitrogen and oxygen atoms in total. The predicted octanol–water partition coefficient (Wildman–Crippen LogP) is 2.43. The summed E-state index contributed by atoms with van der Waals surface area (Å²) in [6.45, 7) is 2.06. The van der Waals surface area contributed by atoms with E-state index in [2.05, 4.69) is 24.0 Å². The van der Waals surface area contributed by atoms with Gasteiger partial charge in [0.25, 0.3) is 0 Å². The monoisotopic (exact) mass is 165 g/mol. The van der Waals surface area contributed by atoms with Gasteiger partial charge in [-0.3, -0.25) is 4.98 Å². The molecular weight excluding hydrogens is 154 g/mol. The van der Waals surface area contributed by atoms with Crippen LogP contribution in [0.1, 0.15) is 17.8 Å². The number of rotatable bonds is 0. The topological polar surface area (TPSA) is 12.9 Å². The van der Waals surface area contributed by atoms with Crippen LogP contribution in [-0.4, -0.2) is 10.7 Å². The van der Waals surface area contributed by atoms with Crippen LogP contribution < -0.4 is 0 Å². The van der Waals surface area contributed by atoms with Gasteiger partial charge in [0.05, 0.1) is 5.69 Å². The molecule has 1 aromatic rings. The first kappa shape index (κ1) is 7.17. The van der Waals surface area contributed by atoms with Crippen LogP contribution >= 0.6 is 11.8 Å². The van der Waals surface area contributed by atoms with Gasteiger partial charge in [0.15, 0.2) is 0 Å². The Bertz CT molecular complexity index is 270. The second-order valence-corrected chi connectivity index (χ2v) is 3.99. The van der Waals surface area contributed by atoms with Crippen molar-refractivity contribution in [2.45, 2.75) is 24.7 Å². The van der Waals surface area contributed by atoms with E-state index in [9.17, 15) is 0 Å². The Hall–Kier alpha value is -0.500. The van der Waals surface area contributed by atoms with Gasteiger partial charge < -0.3 is 0 Å². The minimum Gasteiger partial charge on any atom is -0.257 e. The molecule has 2 heteroatoms. The lowest BCUT2D eigenvalue weighted by atomic mass is 10.2. The average Bonchev–Trinajstić information content (AvgIpc) is 2.04. The highest BCUT2D eigenvalue weighted by Crippen LogP contribution is 2.28. The van der Waals surface area contributed by atoms with Crippen molar-refractivity contribution in [1.29, 1.82) is 0 Å². The highest BCUT2D eigenvalue weighted by molar-refractivity contribution is 7.99. The van der Waals surface area contributed by atoms with Crippen molar-refractivity contribution < 1.29 is 0 Å². The summed E-state index contributed by atoms with van der Waals surface area (Å²) in [7, 11) is 0. The normalized spacial score (nSPS) is 16.1. The molecule has 58 valence electrons. The molecule has 0 amide bonds. The summed E-state index contributed by atoms with van der Waals surface area (Å²) in [4.78, 5) is 5.88. The third-order valence-electron chi connectivity index (χ3n) is 1.89. The molecule has 1 aliphatic rings. The van der Waals surface area contributed by atoms with Crippen molar-refractivity contribution in [3.05, 3.63) is 23.5 Å². The first-order valence-corrected chi connectivity index (χ1v) is 4.94. The molecule has 0 aliphatic carbocycles. The molecule has 0 fully saturated rings. The zero-order chi connectivity index (χ0) is 7.68. The molecule has 0 unspecified atom stereocenters. The maximum atomic E-state index is 4.49. The first-order chi connectivity index (χ1) is 5.36. The average molecular weight is 165 g/mol. The van der Waals surface area contributed by atoms with Crippen LogP contribution in [0.2, 0.25) is 0 Å². The quantitative estimate of drug-likeness (QED) is 0.585. The molecule has 0 radical (unpaired) electrons. The van der Waals surface area contributed by atoms with E-state index in [4.69, 9.17) is 0 Å². The van der Waals surface area contributed by atoms with Gasteiger partial charge in [-0.05, 0) is 37.7 Å². The lowest BCUT2D eigenvalue weighted by Gasteiger charge is -2.13. The van der Waals surface area contributed by atoms with Crippen molar-refractivity contribution in [3.8, 4) is 0 Å². The smallest absolute Gasteiger partial charge is 0.0542 e. The lowest BCUT2D eigenvalue weighted by Crippen LogP contribution is -2.01. The summed E-state index contributed by atoms with van der Waals surface area (Å²) in [5.74, 6) is 1.26. The first-order valence-electron chi connectivity index (χ1n) is 3.95. The Labute approximate surface area is 71.2 Å². The fraction of sp³-hybridized carbons (Fsp3) is 0.444. The minimum atomic E-state index is 1.14. The van der Waals surface area contributed by atoms with Crippen LogP contribution in [0.25, 0.3) is 0 Å². The summed E-state index contributed by atoms with van der Waals surface area (Å²) < 4.78 is 0. The van der Waals surface area contributed by atoms with Crippen molar-refractivity contribution >= 4 is 11.8 Å². The molecule has 0 spiro atoms. The maximum Gasteiger partial charge on any atom is 0.0542 e. The maximum absolute atomic E-state index is 4.49.